The zero-order valence-corrected chi connectivity index (χ0v) is 21.2. The molecule has 7 bridgehead atoms. The molecule has 0 aromatic heterocycles. The maximum absolute atomic E-state index is 13.1. The van der Waals surface area contributed by atoms with Crippen LogP contribution >= 0.6 is 0 Å². The van der Waals surface area contributed by atoms with Crippen LogP contribution in [-0.4, -0.2) is 97.7 Å². The summed E-state index contributed by atoms with van der Waals surface area (Å²) < 4.78 is 24.0. The average molecular weight is 480 g/mol. The fraction of sp³-hybridized carbons (Fsp3) is 0.962. The molecule has 0 amide bonds. The second kappa shape index (κ2) is 7.39. The summed E-state index contributed by atoms with van der Waals surface area (Å²) in [5.74, 6) is -0.935. The summed E-state index contributed by atoms with van der Waals surface area (Å²) in [6.07, 6.45) is 2.65. The standard InChI is InChI=1S/C26H41NO7/c1-6-27-12-23(13-31-3)8-7-19(33-5)26-18(23)9-16(22(26)27)24(29)11-17(32-4)15-10-25(26,30)21(24)20(15)34-14(2)28/h15-22,29-30H,6-13H2,1-5H3/t15-,16+,17+,18-,19+,20+,21-,22-,23+,24+,25+,26+/m1/s1. The molecular formula is C26H41NO7. The van der Waals surface area contributed by atoms with Crippen LogP contribution < -0.4 is 0 Å². The average Bonchev–Trinajstić information content (AvgIpc) is 3.21. The monoisotopic (exact) mass is 479 g/mol. The Labute approximate surface area is 202 Å². The van der Waals surface area contributed by atoms with E-state index in [2.05, 4.69) is 11.8 Å². The first-order valence-electron chi connectivity index (χ1n) is 13.1. The SMILES string of the molecule is CCN1C[C@]2(COC)CC[C@H](OC)[C@@]34[C@@H]2C[C@@H]([C@@H]13)[C@@]1(O)C[C@H](OC)[C@H]2C[C@]4(O)[C@@H]1[C@H]2OC(C)=O. The normalized spacial score (nSPS) is 57.0. The number of likely N-dealkylation sites (tertiary alicyclic amines) is 1. The Hall–Kier alpha value is -0.770. The van der Waals surface area contributed by atoms with Crippen molar-refractivity contribution in [3.05, 3.63) is 0 Å². The second-order valence-corrected chi connectivity index (χ2v) is 12.2. The van der Waals surface area contributed by atoms with E-state index in [0.29, 0.717) is 19.4 Å². The summed E-state index contributed by atoms with van der Waals surface area (Å²) in [6, 6.07) is 0.0105. The van der Waals surface area contributed by atoms with Crippen LogP contribution in [0.15, 0.2) is 0 Å². The van der Waals surface area contributed by atoms with Gasteiger partial charge in [0.1, 0.15) is 6.10 Å². The van der Waals surface area contributed by atoms with E-state index in [0.717, 1.165) is 32.4 Å². The molecule has 12 atom stereocenters. The van der Waals surface area contributed by atoms with Gasteiger partial charge in [0.05, 0.1) is 35.9 Å². The summed E-state index contributed by atoms with van der Waals surface area (Å²) in [5.41, 5.74) is -3.05. The summed E-state index contributed by atoms with van der Waals surface area (Å²) >= 11 is 0. The van der Waals surface area contributed by atoms with Gasteiger partial charge in [-0.1, -0.05) is 6.92 Å². The number of hydrogen-bond acceptors (Lipinski definition) is 8. The lowest BCUT2D eigenvalue weighted by Gasteiger charge is -2.71. The second-order valence-electron chi connectivity index (χ2n) is 12.2. The highest BCUT2D eigenvalue weighted by molar-refractivity contribution is 5.66. The summed E-state index contributed by atoms with van der Waals surface area (Å²) in [4.78, 5) is 14.7. The fourth-order valence-corrected chi connectivity index (χ4v) is 11.0. The van der Waals surface area contributed by atoms with Crippen molar-refractivity contribution in [1.82, 2.24) is 4.90 Å². The minimum absolute atomic E-state index is 0.0105. The molecular weight excluding hydrogens is 438 g/mol. The molecule has 34 heavy (non-hydrogen) atoms. The lowest BCUT2D eigenvalue weighted by Crippen LogP contribution is -2.82. The van der Waals surface area contributed by atoms with E-state index in [-0.39, 0.29) is 47.4 Å². The largest absolute Gasteiger partial charge is 0.462 e. The maximum Gasteiger partial charge on any atom is 0.302 e. The van der Waals surface area contributed by atoms with Gasteiger partial charge in [-0.2, -0.15) is 0 Å². The number of hydrogen-bond donors (Lipinski definition) is 2. The number of carbonyl (C=O) groups is 1. The van der Waals surface area contributed by atoms with Crippen molar-refractivity contribution in [2.45, 2.75) is 81.5 Å². The van der Waals surface area contributed by atoms with Crippen LogP contribution in [0.2, 0.25) is 0 Å². The van der Waals surface area contributed by atoms with Gasteiger partial charge in [0.2, 0.25) is 0 Å². The van der Waals surface area contributed by atoms with Gasteiger partial charge in [-0.05, 0) is 38.1 Å². The molecule has 1 spiro atoms. The highest BCUT2D eigenvalue weighted by Gasteiger charge is 2.89. The van der Waals surface area contributed by atoms with Gasteiger partial charge >= 0.3 is 5.97 Å². The molecule has 192 valence electrons. The third-order valence-corrected chi connectivity index (χ3v) is 11.5. The Bertz CT molecular complexity index is 870. The quantitative estimate of drug-likeness (QED) is 0.549. The molecule has 0 aromatic carbocycles. The molecule has 0 unspecified atom stereocenters. The first-order valence-corrected chi connectivity index (χ1v) is 13.1. The summed E-state index contributed by atoms with van der Waals surface area (Å²) in [7, 11) is 5.21. The van der Waals surface area contributed by atoms with Gasteiger partial charge in [0.15, 0.2) is 0 Å². The Balaban J connectivity index is 1.61. The first kappa shape index (κ1) is 23.6. The number of aliphatic hydroxyl groups is 2. The van der Waals surface area contributed by atoms with E-state index in [9.17, 15) is 15.0 Å². The van der Waals surface area contributed by atoms with Gasteiger partial charge < -0.3 is 29.2 Å². The van der Waals surface area contributed by atoms with Crippen LogP contribution in [-0.2, 0) is 23.7 Å². The number of ether oxygens (including phenoxy) is 4. The van der Waals surface area contributed by atoms with E-state index in [1.54, 1.807) is 21.3 Å². The van der Waals surface area contributed by atoms with Crippen molar-refractivity contribution in [2.24, 2.45) is 34.5 Å². The van der Waals surface area contributed by atoms with Crippen LogP contribution in [0, 0.1) is 34.5 Å². The van der Waals surface area contributed by atoms with E-state index >= 15 is 0 Å². The molecule has 5 saturated carbocycles. The molecule has 6 aliphatic rings. The minimum atomic E-state index is -1.23. The highest BCUT2D eigenvalue weighted by Crippen LogP contribution is 2.80. The van der Waals surface area contributed by atoms with Crippen LogP contribution in [0.5, 0.6) is 0 Å². The van der Waals surface area contributed by atoms with Crippen molar-refractivity contribution in [3.8, 4) is 0 Å². The molecule has 5 aliphatic carbocycles. The van der Waals surface area contributed by atoms with E-state index in [1.807, 2.05) is 0 Å². The molecule has 1 aliphatic heterocycles. The molecule has 0 aromatic rings. The summed E-state index contributed by atoms with van der Waals surface area (Å²) in [6.45, 7) is 6.01. The molecule has 8 nitrogen and oxygen atoms in total. The number of nitrogens with zero attached hydrogens (tertiary/aromatic N) is 1. The number of methoxy groups -OCH3 is 3. The Kier molecular flexibility index (Phi) is 5.13. The van der Waals surface area contributed by atoms with Gasteiger partial charge in [0.25, 0.3) is 0 Å². The highest BCUT2D eigenvalue weighted by atomic mass is 16.6. The molecule has 8 heteroatoms. The molecule has 2 N–H and O–H groups in total. The number of carbonyl (C=O) groups excluding carboxylic acids is 1. The van der Waals surface area contributed by atoms with Crippen molar-refractivity contribution in [2.75, 3.05) is 41.0 Å². The van der Waals surface area contributed by atoms with Crippen molar-refractivity contribution in [3.63, 3.8) is 0 Å². The Morgan fingerprint density at radius 1 is 1.15 bits per heavy atom. The smallest absolute Gasteiger partial charge is 0.302 e. The van der Waals surface area contributed by atoms with E-state index in [4.69, 9.17) is 18.9 Å². The van der Waals surface area contributed by atoms with Crippen LogP contribution in [0.4, 0.5) is 0 Å². The molecule has 6 rings (SSSR count). The molecule has 1 heterocycles. The van der Waals surface area contributed by atoms with Crippen molar-refractivity contribution >= 4 is 5.97 Å². The fourth-order valence-electron chi connectivity index (χ4n) is 11.0. The van der Waals surface area contributed by atoms with Crippen molar-refractivity contribution in [1.29, 1.82) is 0 Å². The third kappa shape index (κ3) is 2.39. The van der Waals surface area contributed by atoms with Crippen LogP contribution in [0.1, 0.15) is 46.0 Å². The maximum atomic E-state index is 13.1. The van der Waals surface area contributed by atoms with Gasteiger partial charge in [-0.25, -0.2) is 0 Å². The number of piperidine rings is 1. The topological polar surface area (TPSA) is 97.7 Å². The van der Waals surface area contributed by atoms with E-state index < -0.39 is 28.6 Å². The Morgan fingerprint density at radius 2 is 1.91 bits per heavy atom. The molecule has 6 fully saturated rings. The van der Waals surface area contributed by atoms with Crippen LogP contribution in [0.3, 0.4) is 0 Å². The predicted molar refractivity (Wildman–Crippen MR) is 122 cm³/mol. The first-order chi connectivity index (χ1) is 16.2. The van der Waals surface area contributed by atoms with E-state index in [1.165, 1.54) is 6.92 Å². The zero-order chi connectivity index (χ0) is 24.3. The third-order valence-electron chi connectivity index (χ3n) is 11.5. The zero-order valence-electron chi connectivity index (χ0n) is 21.2. The molecule has 1 saturated heterocycles. The van der Waals surface area contributed by atoms with Crippen LogP contribution in [0.25, 0.3) is 0 Å². The molecule has 0 radical (unpaired) electrons. The Morgan fingerprint density at radius 3 is 2.53 bits per heavy atom. The summed E-state index contributed by atoms with van der Waals surface area (Å²) in [5, 5.41) is 25.7. The number of fused-ring (bicyclic) bond motifs is 2. The lowest BCUT2D eigenvalue weighted by molar-refractivity contribution is -0.328. The predicted octanol–water partition coefficient (Wildman–Crippen LogP) is 1.22. The van der Waals surface area contributed by atoms with Crippen molar-refractivity contribution < 1.29 is 34.0 Å². The minimum Gasteiger partial charge on any atom is -0.462 e. The lowest BCUT2D eigenvalue weighted by atomic mass is 9.41. The number of esters is 1. The van der Waals surface area contributed by atoms with Gasteiger partial charge in [-0.3, -0.25) is 9.69 Å². The number of rotatable bonds is 6. The van der Waals surface area contributed by atoms with Gasteiger partial charge in [-0.15, -0.1) is 0 Å². The van der Waals surface area contributed by atoms with Gasteiger partial charge in [0, 0.05) is 69.9 Å².